The summed E-state index contributed by atoms with van der Waals surface area (Å²) < 4.78 is 11.0. The van der Waals surface area contributed by atoms with Gasteiger partial charge in [0.25, 0.3) is 0 Å². The van der Waals surface area contributed by atoms with Crippen LogP contribution in [0.4, 0.5) is 0 Å². The Morgan fingerprint density at radius 2 is 1.94 bits per heavy atom. The molecule has 0 bridgehead atoms. The van der Waals surface area contributed by atoms with Crippen LogP contribution in [0, 0.1) is 5.92 Å². The van der Waals surface area contributed by atoms with E-state index in [0.29, 0.717) is 6.61 Å². The van der Waals surface area contributed by atoms with Crippen LogP contribution in [0.2, 0.25) is 0 Å². The van der Waals surface area contributed by atoms with Crippen LogP contribution in [-0.4, -0.2) is 6.61 Å². The van der Waals surface area contributed by atoms with Crippen molar-refractivity contribution >= 4 is 0 Å². The van der Waals surface area contributed by atoms with Gasteiger partial charge in [0.05, 0.1) is 12.9 Å². The molecule has 0 amide bonds. The molecule has 0 aliphatic heterocycles. The van der Waals surface area contributed by atoms with Crippen molar-refractivity contribution in [2.45, 2.75) is 25.7 Å². The van der Waals surface area contributed by atoms with E-state index in [1.807, 2.05) is 12.1 Å². The highest BCUT2D eigenvalue weighted by molar-refractivity contribution is 5.27. The van der Waals surface area contributed by atoms with Gasteiger partial charge < -0.3 is 9.15 Å². The molecule has 1 saturated carbocycles. The summed E-state index contributed by atoms with van der Waals surface area (Å²) in [6, 6.07) is 12.4. The zero-order valence-electron chi connectivity index (χ0n) is 10.5. The first kappa shape index (κ1) is 11.4. The molecule has 0 saturated heterocycles. The summed E-state index contributed by atoms with van der Waals surface area (Å²) in [5.41, 5.74) is 1.43. The molecule has 1 aromatic carbocycles. The van der Waals surface area contributed by atoms with Crippen molar-refractivity contribution < 1.29 is 9.15 Å². The summed E-state index contributed by atoms with van der Waals surface area (Å²) in [7, 11) is 0. The second kappa shape index (κ2) is 5.30. The van der Waals surface area contributed by atoms with Gasteiger partial charge in [-0.2, -0.15) is 0 Å². The Balaban J connectivity index is 1.47. The van der Waals surface area contributed by atoms with Gasteiger partial charge in [-0.15, -0.1) is 0 Å². The van der Waals surface area contributed by atoms with Crippen LogP contribution < -0.4 is 4.74 Å². The minimum absolute atomic E-state index is 0.662. The van der Waals surface area contributed by atoms with Crippen molar-refractivity contribution in [3.05, 3.63) is 54.0 Å². The monoisotopic (exact) mass is 242 g/mol. The van der Waals surface area contributed by atoms with E-state index in [4.69, 9.17) is 9.15 Å². The molecule has 3 rings (SSSR count). The van der Waals surface area contributed by atoms with Crippen LogP contribution in [0.3, 0.4) is 0 Å². The van der Waals surface area contributed by atoms with E-state index < -0.39 is 0 Å². The van der Waals surface area contributed by atoms with Crippen LogP contribution in [0.25, 0.3) is 0 Å². The van der Waals surface area contributed by atoms with Gasteiger partial charge in [0.2, 0.25) is 0 Å². The molecule has 2 heteroatoms. The highest BCUT2D eigenvalue weighted by atomic mass is 16.5. The number of ether oxygens (including phenoxy) is 1. The predicted octanol–water partition coefficient (Wildman–Crippen LogP) is 3.85. The Bertz CT molecular complexity index is 466. The largest absolute Gasteiger partial charge is 0.493 e. The molecule has 0 atom stereocenters. The molecule has 1 aliphatic carbocycles. The van der Waals surface area contributed by atoms with Gasteiger partial charge in [-0.25, -0.2) is 0 Å². The lowest BCUT2D eigenvalue weighted by Gasteiger charge is -2.06. The highest BCUT2D eigenvalue weighted by Gasteiger charge is 2.21. The topological polar surface area (TPSA) is 22.4 Å². The fraction of sp³-hybridized carbons (Fsp3) is 0.375. The maximum atomic E-state index is 5.69. The molecule has 94 valence electrons. The van der Waals surface area contributed by atoms with Crippen molar-refractivity contribution in [3.8, 4) is 5.75 Å². The molecule has 0 radical (unpaired) electrons. The zero-order chi connectivity index (χ0) is 12.2. The van der Waals surface area contributed by atoms with Gasteiger partial charge in [0.1, 0.15) is 11.5 Å². The third-order valence-corrected chi connectivity index (χ3v) is 3.34. The maximum absolute atomic E-state index is 5.69. The third-order valence-electron chi connectivity index (χ3n) is 3.34. The molecule has 1 aromatic heterocycles. The molecular formula is C16H18O2. The third kappa shape index (κ3) is 3.16. The van der Waals surface area contributed by atoms with E-state index in [-0.39, 0.29) is 0 Å². The molecular weight excluding hydrogens is 224 g/mol. The van der Waals surface area contributed by atoms with Crippen LogP contribution in [0.5, 0.6) is 5.75 Å². The first-order chi connectivity index (χ1) is 8.90. The SMILES string of the molecule is c1coc(CCOc2ccc(CC3CC3)cc2)c1. The first-order valence-electron chi connectivity index (χ1n) is 6.64. The van der Waals surface area contributed by atoms with E-state index in [1.54, 1.807) is 6.26 Å². The number of hydrogen-bond donors (Lipinski definition) is 0. The van der Waals surface area contributed by atoms with Gasteiger partial charge in [0.15, 0.2) is 0 Å². The fourth-order valence-electron chi connectivity index (χ4n) is 2.10. The van der Waals surface area contributed by atoms with Gasteiger partial charge >= 0.3 is 0 Å². The maximum Gasteiger partial charge on any atom is 0.119 e. The molecule has 0 spiro atoms. The van der Waals surface area contributed by atoms with E-state index >= 15 is 0 Å². The number of hydrogen-bond acceptors (Lipinski definition) is 2. The summed E-state index contributed by atoms with van der Waals surface area (Å²) >= 11 is 0. The average molecular weight is 242 g/mol. The Kier molecular flexibility index (Phi) is 3.35. The van der Waals surface area contributed by atoms with Crippen molar-refractivity contribution in [2.75, 3.05) is 6.61 Å². The normalized spacial score (nSPS) is 14.7. The smallest absolute Gasteiger partial charge is 0.119 e. The summed E-state index contributed by atoms with van der Waals surface area (Å²) in [6.07, 6.45) is 6.55. The number of rotatable bonds is 6. The van der Waals surface area contributed by atoms with E-state index in [1.165, 1.54) is 24.8 Å². The van der Waals surface area contributed by atoms with Gasteiger partial charge in [-0.1, -0.05) is 12.1 Å². The Labute approximate surface area is 108 Å². The molecule has 0 unspecified atom stereocenters. The standard InChI is InChI=1S/C16H18O2/c1-2-15(17-10-1)9-11-18-16-7-5-14(6-8-16)12-13-3-4-13/h1-2,5-8,10,13H,3-4,9,11-12H2. The molecule has 0 N–H and O–H groups in total. The molecule has 1 heterocycles. The van der Waals surface area contributed by atoms with Crippen molar-refractivity contribution in [2.24, 2.45) is 5.92 Å². The molecule has 18 heavy (non-hydrogen) atoms. The fourth-order valence-corrected chi connectivity index (χ4v) is 2.10. The molecule has 2 aromatic rings. The van der Waals surface area contributed by atoms with Crippen LogP contribution in [0.1, 0.15) is 24.2 Å². The van der Waals surface area contributed by atoms with Gasteiger partial charge in [-0.3, -0.25) is 0 Å². The second-order valence-corrected chi connectivity index (χ2v) is 4.97. The Morgan fingerprint density at radius 3 is 2.61 bits per heavy atom. The highest BCUT2D eigenvalue weighted by Crippen LogP contribution is 2.32. The Hall–Kier alpha value is -1.70. The number of furan rings is 1. The molecule has 2 nitrogen and oxygen atoms in total. The summed E-state index contributed by atoms with van der Waals surface area (Å²) in [5, 5.41) is 0. The Morgan fingerprint density at radius 1 is 1.11 bits per heavy atom. The lowest BCUT2D eigenvalue weighted by atomic mass is 10.1. The van der Waals surface area contributed by atoms with Crippen molar-refractivity contribution in [1.29, 1.82) is 0 Å². The minimum atomic E-state index is 0.662. The zero-order valence-corrected chi connectivity index (χ0v) is 10.5. The van der Waals surface area contributed by atoms with Gasteiger partial charge in [0, 0.05) is 6.42 Å². The summed E-state index contributed by atoms with van der Waals surface area (Å²) in [5.74, 6) is 2.86. The van der Waals surface area contributed by atoms with Crippen molar-refractivity contribution in [1.82, 2.24) is 0 Å². The van der Waals surface area contributed by atoms with Crippen LogP contribution >= 0.6 is 0 Å². The van der Waals surface area contributed by atoms with E-state index in [0.717, 1.165) is 23.8 Å². The second-order valence-electron chi connectivity index (χ2n) is 4.97. The van der Waals surface area contributed by atoms with Crippen LogP contribution in [0.15, 0.2) is 47.1 Å². The molecule has 1 fully saturated rings. The minimum Gasteiger partial charge on any atom is -0.493 e. The number of benzene rings is 1. The van der Waals surface area contributed by atoms with Gasteiger partial charge in [-0.05, 0) is 55.0 Å². The quantitative estimate of drug-likeness (QED) is 0.767. The lowest BCUT2D eigenvalue weighted by molar-refractivity contribution is 0.309. The lowest BCUT2D eigenvalue weighted by Crippen LogP contribution is -2.00. The van der Waals surface area contributed by atoms with E-state index in [9.17, 15) is 0 Å². The van der Waals surface area contributed by atoms with E-state index in [2.05, 4.69) is 24.3 Å². The van der Waals surface area contributed by atoms with Crippen LogP contribution in [-0.2, 0) is 12.8 Å². The summed E-state index contributed by atoms with van der Waals surface area (Å²) in [4.78, 5) is 0. The first-order valence-corrected chi connectivity index (χ1v) is 6.64. The van der Waals surface area contributed by atoms with Crippen molar-refractivity contribution in [3.63, 3.8) is 0 Å². The summed E-state index contributed by atoms with van der Waals surface area (Å²) in [6.45, 7) is 0.662. The average Bonchev–Trinajstić information content (AvgIpc) is 3.05. The predicted molar refractivity (Wildman–Crippen MR) is 70.8 cm³/mol. The molecule has 1 aliphatic rings.